The molecule has 0 unspecified atom stereocenters. The Labute approximate surface area is 282 Å². The van der Waals surface area contributed by atoms with Gasteiger partial charge in [-0.05, 0) is 66.6 Å². The van der Waals surface area contributed by atoms with Crippen LogP contribution in [0.5, 0.6) is 0 Å². The number of hydrogen-bond donors (Lipinski definition) is 4. The van der Waals surface area contributed by atoms with Gasteiger partial charge in [-0.3, -0.25) is 9.59 Å². The molecule has 3 aromatic carbocycles. The van der Waals surface area contributed by atoms with Crippen LogP contribution >= 0.6 is 11.6 Å². The maximum absolute atomic E-state index is 12.7. The van der Waals surface area contributed by atoms with E-state index in [0.717, 1.165) is 54.6 Å². The fourth-order valence-corrected chi connectivity index (χ4v) is 6.44. The number of nitrogens with zero attached hydrogens (tertiary/aromatic N) is 1. The molecule has 2 heterocycles. The van der Waals surface area contributed by atoms with Crippen molar-refractivity contribution >= 4 is 29.1 Å². The average molecular weight is 664 g/mol. The number of likely N-dealkylation sites (tertiary alicyclic amines) is 1. The van der Waals surface area contributed by atoms with E-state index in [-0.39, 0.29) is 30.6 Å². The Bertz CT molecular complexity index is 1460. The molecule has 3 atom stereocenters. The number of unbranched alkanes of at least 4 members (excludes halogenated alkanes) is 2. The molecule has 2 aliphatic heterocycles. The number of rotatable bonds is 13. The first kappa shape index (κ1) is 35.0. The summed E-state index contributed by atoms with van der Waals surface area (Å²) < 4.78 is 13.1. The van der Waals surface area contributed by atoms with Gasteiger partial charge in [-0.2, -0.15) is 0 Å². The highest BCUT2D eigenvalue weighted by Crippen LogP contribution is 2.40. The molecule has 0 spiro atoms. The first-order valence-electron chi connectivity index (χ1n) is 16.6. The van der Waals surface area contributed by atoms with E-state index in [1.165, 1.54) is 6.92 Å². The first-order chi connectivity index (χ1) is 22.7. The molecule has 5 rings (SSSR count). The highest BCUT2D eigenvalue weighted by Gasteiger charge is 2.37. The number of amides is 2. The molecular formula is C37H46ClN3O6. The number of benzene rings is 3. The molecule has 252 valence electrons. The molecule has 0 radical (unpaired) electrons. The van der Waals surface area contributed by atoms with Gasteiger partial charge < -0.3 is 35.2 Å². The number of aliphatic hydroxyl groups excluding tert-OH is 1. The number of hydrogen-bond acceptors (Lipinski definition) is 7. The summed E-state index contributed by atoms with van der Waals surface area (Å²) in [6, 6.07) is 22.9. The van der Waals surface area contributed by atoms with Crippen molar-refractivity contribution in [2.24, 2.45) is 0 Å². The number of nitrogens with one attached hydrogen (secondary N) is 2. The summed E-state index contributed by atoms with van der Waals surface area (Å²) in [6.45, 7) is 4.26. The van der Waals surface area contributed by atoms with Gasteiger partial charge in [0.05, 0.1) is 24.4 Å². The van der Waals surface area contributed by atoms with Crippen LogP contribution in [-0.4, -0.2) is 59.2 Å². The third kappa shape index (κ3) is 10.1. The van der Waals surface area contributed by atoms with Crippen LogP contribution in [0.25, 0.3) is 0 Å². The van der Waals surface area contributed by atoms with E-state index < -0.39 is 11.9 Å². The van der Waals surface area contributed by atoms with E-state index in [1.54, 1.807) is 0 Å². The maximum Gasteiger partial charge on any atom is 0.224 e. The Hall–Kier alpha value is -3.31. The fourth-order valence-electron chi connectivity index (χ4n) is 6.31. The van der Waals surface area contributed by atoms with Crippen molar-refractivity contribution in [3.63, 3.8) is 0 Å². The molecular weight excluding hydrogens is 618 g/mol. The molecule has 3 aromatic rings. The molecule has 0 saturated carbocycles. The molecule has 2 aliphatic rings. The molecule has 10 heteroatoms. The van der Waals surface area contributed by atoms with E-state index in [9.17, 15) is 19.8 Å². The van der Waals surface area contributed by atoms with Gasteiger partial charge in [0.25, 0.3) is 0 Å². The Kier molecular flexibility index (Phi) is 12.4. The minimum Gasteiger partial charge on any atom is -0.392 e. The SMILES string of the molecule is CC(=O)NCCCCCC(=O)Nc1cccc([C@@H]2O[C@H](CN3CCC(O)(c4ccc(Cl)cc4)CC3)C[C@H](c3ccc(CO)cc3)O2)c1. The van der Waals surface area contributed by atoms with Crippen molar-refractivity contribution in [1.29, 1.82) is 0 Å². The second-order valence-corrected chi connectivity index (χ2v) is 13.1. The number of anilines is 1. The summed E-state index contributed by atoms with van der Waals surface area (Å²) in [6.07, 6.45) is 3.73. The van der Waals surface area contributed by atoms with E-state index >= 15 is 0 Å². The standard InChI is InChI=1S/C37H46ClN3O6/c1-26(43)39-19-4-2-3-8-35(44)40-32-7-5-6-29(22-32)36-46-33(23-34(47-36)28-11-9-27(25-42)10-12-28)24-41-20-17-37(45,18-21-41)30-13-15-31(38)16-14-30/h5-7,9-16,22,33-34,36,42,45H,2-4,8,17-21,23-25H2,1H3,(H,39,43)(H,40,44)/t33-,34+,36+/m0/s1. The van der Waals surface area contributed by atoms with Gasteiger partial charge in [-0.15, -0.1) is 0 Å². The van der Waals surface area contributed by atoms with Gasteiger partial charge in [-0.25, -0.2) is 0 Å². The first-order valence-corrected chi connectivity index (χ1v) is 16.9. The van der Waals surface area contributed by atoms with Gasteiger partial charge >= 0.3 is 0 Å². The zero-order valence-corrected chi connectivity index (χ0v) is 27.8. The maximum atomic E-state index is 12.7. The summed E-state index contributed by atoms with van der Waals surface area (Å²) in [5, 5.41) is 27.4. The third-order valence-corrected chi connectivity index (χ3v) is 9.29. The minimum absolute atomic E-state index is 0.0208. The normalized spacial score (nSPS) is 21.2. The molecule has 2 amide bonds. The molecule has 0 aromatic heterocycles. The number of carbonyl (C=O) groups excluding carboxylic acids is 2. The second kappa shape index (κ2) is 16.7. The van der Waals surface area contributed by atoms with Crippen molar-refractivity contribution in [1.82, 2.24) is 10.2 Å². The summed E-state index contributed by atoms with van der Waals surface area (Å²) in [7, 11) is 0. The summed E-state index contributed by atoms with van der Waals surface area (Å²) in [4.78, 5) is 26.0. The molecule has 9 nitrogen and oxygen atoms in total. The van der Waals surface area contributed by atoms with Crippen molar-refractivity contribution in [2.45, 2.75) is 82.6 Å². The fraction of sp³-hybridized carbons (Fsp3) is 0.459. The largest absolute Gasteiger partial charge is 0.392 e. The number of halogens is 1. The Balaban J connectivity index is 1.22. The van der Waals surface area contributed by atoms with Crippen LogP contribution in [0, 0.1) is 0 Å². The van der Waals surface area contributed by atoms with Crippen molar-refractivity contribution in [2.75, 3.05) is 31.5 Å². The van der Waals surface area contributed by atoms with Crippen LogP contribution in [-0.2, 0) is 31.3 Å². The molecule has 0 bridgehead atoms. The molecule has 0 aliphatic carbocycles. The van der Waals surface area contributed by atoms with Gasteiger partial charge in [0.1, 0.15) is 0 Å². The van der Waals surface area contributed by atoms with Crippen LogP contribution in [0.2, 0.25) is 5.02 Å². The van der Waals surface area contributed by atoms with Crippen LogP contribution in [0.4, 0.5) is 5.69 Å². The Morgan fingerprint density at radius 2 is 1.70 bits per heavy atom. The van der Waals surface area contributed by atoms with Gasteiger partial charge in [0.15, 0.2) is 6.29 Å². The molecule has 2 fully saturated rings. The summed E-state index contributed by atoms with van der Waals surface area (Å²) in [5.74, 6) is -0.101. The van der Waals surface area contributed by atoms with Crippen LogP contribution < -0.4 is 10.6 Å². The lowest BCUT2D eigenvalue weighted by atomic mass is 9.84. The average Bonchev–Trinajstić information content (AvgIpc) is 3.07. The highest BCUT2D eigenvalue weighted by atomic mass is 35.5. The molecule has 4 N–H and O–H groups in total. The molecule has 2 saturated heterocycles. The quantitative estimate of drug-likeness (QED) is 0.166. The predicted molar refractivity (Wildman–Crippen MR) is 182 cm³/mol. The summed E-state index contributed by atoms with van der Waals surface area (Å²) >= 11 is 6.07. The van der Waals surface area contributed by atoms with E-state index in [4.69, 9.17) is 21.1 Å². The van der Waals surface area contributed by atoms with Gasteiger partial charge in [0.2, 0.25) is 11.8 Å². The number of piperidine rings is 1. The van der Waals surface area contributed by atoms with Crippen LogP contribution in [0.15, 0.2) is 72.8 Å². The second-order valence-electron chi connectivity index (χ2n) is 12.7. The van der Waals surface area contributed by atoms with E-state index in [0.29, 0.717) is 49.5 Å². The predicted octanol–water partition coefficient (Wildman–Crippen LogP) is 6.00. The van der Waals surface area contributed by atoms with Crippen LogP contribution in [0.1, 0.15) is 86.5 Å². The van der Waals surface area contributed by atoms with Crippen molar-refractivity contribution in [3.8, 4) is 0 Å². The number of carbonyl (C=O) groups is 2. The van der Waals surface area contributed by atoms with E-state index in [2.05, 4.69) is 15.5 Å². The lowest BCUT2D eigenvalue weighted by molar-refractivity contribution is -0.253. The highest BCUT2D eigenvalue weighted by molar-refractivity contribution is 6.30. The minimum atomic E-state index is -0.880. The van der Waals surface area contributed by atoms with Crippen LogP contribution in [0.3, 0.4) is 0 Å². The monoisotopic (exact) mass is 663 g/mol. The van der Waals surface area contributed by atoms with Crippen molar-refractivity contribution in [3.05, 3.63) is 100 Å². The zero-order chi connectivity index (χ0) is 33.2. The molecule has 47 heavy (non-hydrogen) atoms. The number of aliphatic hydroxyl groups is 2. The zero-order valence-electron chi connectivity index (χ0n) is 27.0. The number of ether oxygens (including phenoxy) is 2. The van der Waals surface area contributed by atoms with Gasteiger partial charge in [0, 0.05) is 62.2 Å². The smallest absolute Gasteiger partial charge is 0.224 e. The van der Waals surface area contributed by atoms with E-state index in [1.807, 2.05) is 72.8 Å². The lowest BCUT2D eigenvalue weighted by Crippen LogP contribution is -2.46. The summed E-state index contributed by atoms with van der Waals surface area (Å²) in [5.41, 5.74) is 3.36. The Morgan fingerprint density at radius 1 is 0.957 bits per heavy atom. The topological polar surface area (TPSA) is 120 Å². The van der Waals surface area contributed by atoms with Crippen molar-refractivity contribution < 1.29 is 29.3 Å². The Morgan fingerprint density at radius 3 is 2.40 bits per heavy atom. The third-order valence-electron chi connectivity index (χ3n) is 9.04. The van der Waals surface area contributed by atoms with Gasteiger partial charge in [-0.1, -0.05) is 66.6 Å². The lowest BCUT2D eigenvalue weighted by Gasteiger charge is -2.42.